The number of fused-ring (bicyclic) bond motifs is 4. The van der Waals surface area contributed by atoms with E-state index in [0.29, 0.717) is 35.6 Å². The number of halogens is 3. The van der Waals surface area contributed by atoms with Gasteiger partial charge in [0, 0.05) is 47.7 Å². The van der Waals surface area contributed by atoms with Crippen LogP contribution in [0.1, 0.15) is 49.3 Å². The molecule has 0 radical (unpaired) electrons. The number of aromatic nitrogens is 2. The summed E-state index contributed by atoms with van der Waals surface area (Å²) in [6, 6.07) is 7.16. The van der Waals surface area contributed by atoms with Gasteiger partial charge in [-0.1, -0.05) is 18.0 Å². The number of ether oxygens (including phenoxy) is 1. The van der Waals surface area contributed by atoms with Crippen LogP contribution in [0.4, 0.5) is 19.3 Å². The van der Waals surface area contributed by atoms with Crippen molar-refractivity contribution in [2.45, 2.75) is 50.6 Å². The highest BCUT2D eigenvalue weighted by Gasteiger charge is 2.43. The van der Waals surface area contributed by atoms with Gasteiger partial charge in [-0.2, -0.15) is 4.39 Å². The van der Waals surface area contributed by atoms with Crippen LogP contribution in [-0.2, 0) is 6.42 Å². The van der Waals surface area contributed by atoms with Crippen molar-refractivity contribution >= 4 is 23.3 Å². The highest BCUT2D eigenvalue weighted by Crippen LogP contribution is 2.44. The number of amides is 2. The van der Waals surface area contributed by atoms with Crippen molar-refractivity contribution in [1.82, 2.24) is 19.8 Å². The average Bonchev–Trinajstić information content (AvgIpc) is 3.27. The van der Waals surface area contributed by atoms with Gasteiger partial charge in [-0.25, -0.2) is 19.2 Å². The van der Waals surface area contributed by atoms with E-state index < -0.39 is 17.8 Å². The number of urea groups is 1. The molecule has 0 aliphatic carbocycles. The fraction of sp³-hybridized carbons (Fsp3) is 0.414. The molecule has 2 amide bonds. The first-order valence-electron chi connectivity index (χ1n) is 13.5. The quantitative estimate of drug-likeness (QED) is 0.366. The summed E-state index contributed by atoms with van der Waals surface area (Å²) in [5.74, 6) is -0.585. The Kier molecular flexibility index (Phi) is 7.36. The SMILES string of the molecule is O=C(Nc1cc(Cl)c(-c2ccc(OCCN3CCCCC3)nc2)cc1F)N1[C@H]2CC[C@@H]1c1ccnc(F)c1C2. The molecule has 2 saturated heterocycles. The van der Waals surface area contributed by atoms with Crippen LogP contribution in [0.25, 0.3) is 11.1 Å². The second kappa shape index (κ2) is 11.1. The Morgan fingerprint density at radius 3 is 2.74 bits per heavy atom. The molecule has 5 heterocycles. The van der Waals surface area contributed by atoms with E-state index >= 15 is 4.39 Å². The maximum atomic E-state index is 15.2. The molecule has 0 unspecified atom stereocenters. The standard InChI is InChI=1S/C29H30ClF2N5O2/c30-23-16-25(35-29(38)37-19-5-6-26(37)20-8-9-33-28(32)22(20)14-19)24(31)15-21(23)18-4-7-27(34-17-18)39-13-12-36-10-2-1-3-11-36/h4,7-9,15-17,19,26H,1-3,5-6,10-14H2,(H,35,38)/t19-,26+/m0/s1. The number of pyridine rings is 2. The lowest BCUT2D eigenvalue weighted by atomic mass is 9.95. The number of nitrogens with zero attached hydrogens (tertiary/aromatic N) is 4. The molecule has 7 nitrogen and oxygen atoms in total. The molecule has 3 aliphatic heterocycles. The molecule has 2 fully saturated rings. The molecule has 0 spiro atoms. The highest BCUT2D eigenvalue weighted by molar-refractivity contribution is 6.33. The van der Waals surface area contributed by atoms with Gasteiger partial charge in [0.2, 0.25) is 11.8 Å². The van der Waals surface area contributed by atoms with Crippen LogP contribution < -0.4 is 10.1 Å². The normalized spacial score (nSPS) is 20.5. The second-order valence-corrected chi connectivity index (χ2v) is 10.8. The molecule has 6 rings (SSSR count). The van der Waals surface area contributed by atoms with Gasteiger partial charge in [0.05, 0.1) is 16.8 Å². The zero-order chi connectivity index (χ0) is 26.9. The van der Waals surface area contributed by atoms with Crippen LogP contribution in [0.3, 0.4) is 0 Å². The lowest BCUT2D eigenvalue weighted by Crippen LogP contribution is -2.44. The molecule has 10 heteroatoms. The number of hydrogen-bond acceptors (Lipinski definition) is 5. The molecule has 1 N–H and O–H groups in total. The number of likely N-dealkylation sites (tertiary alicyclic amines) is 1. The van der Waals surface area contributed by atoms with Crippen molar-refractivity contribution < 1.29 is 18.3 Å². The van der Waals surface area contributed by atoms with Crippen LogP contribution in [0.15, 0.2) is 42.7 Å². The lowest BCUT2D eigenvalue weighted by Gasteiger charge is -2.36. The number of rotatable bonds is 6. The molecule has 0 saturated carbocycles. The van der Waals surface area contributed by atoms with E-state index in [4.69, 9.17) is 16.3 Å². The zero-order valence-electron chi connectivity index (χ0n) is 21.5. The first-order chi connectivity index (χ1) is 19.0. The van der Waals surface area contributed by atoms with Crippen LogP contribution in [-0.4, -0.2) is 58.1 Å². The predicted octanol–water partition coefficient (Wildman–Crippen LogP) is 6.23. The second-order valence-electron chi connectivity index (χ2n) is 10.4. The molecule has 2 bridgehead atoms. The van der Waals surface area contributed by atoms with Gasteiger partial charge < -0.3 is 15.0 Å². The first-order valence-corrected chi connectivity index (χ1v) is 13.9. The highest BCUT2D eigenvalue weighted by atomic mass is 35.5. The molecule has 2 aromatic heterocycles. The van der Waals surface area contributed by atoms with Gasteiger partial charge in [-0.3, -0.25) is 4.90 Å². The number of carbonyl (C=O) groups excluding carboxylic acids is 1. The molecular formula is C29H30ClF2N5O2. The van der Waals surface area contributed by atoms with Gasteiger partial charge in [-0.15, -0.1) is 0 Å². The Morgan fingerprint density at radius 1 is 1.10 bits per heavy atom. The summed E-state index contributed by atoms with van der Waals surface area (Å²) >= 11 is 6.52. The Labute approximate surface area is 231 Å². The summed E-state index contributed by atoms with van der Waals surface area (Å²) in [6.45, 7) is 3.65. The molecule has 204 valence electrons. The third-order valence-corrected chi connectivity index (χ3v) is 8.34. The molecule has 3 aliphatic rings. The van der Waals surface area contributed by atoms with E-state index in [0.717, 1.165) is 38.0 Å². The van der Waals surface area contributed by atoms with Crippen LogP contribution in [0.2, 0.25) is 5.02 Å². The summed E-state index contributed by atoms with van der Waals surface area (Å²) in [5.41, 5.74) is 2.44. The van der Waals surface area contributed by atoms with Gasteiger partial charge in [0.1, 0.15) is 12.4 Å². The summed E-state index contributed by atoms with van der Waals surface area (Å²) in [6.07, 6.45) is 8.66. The molecule has 39 heavy (non-hydrogen) atoms. The van der Waals surface area contributed by atoms with Gasteiger partial charge in [0.25, 0.3) is 0 Å². The van der Waals surface area contributed by atoms with E-state index in [-0.39, 0.29) is 22.8 Å². The monoisotopic (exact) mass is 553 g/mol. The number of nitrogens with one attached hydrogen (secondary N) is 1. The van der Waals surface area contributed by atoms with Gasteiger partial charge in [0.15, 0.2) is 0 Å². The number of benzene rings is 1. The Bertz CT molecular complexity index is 1370. The Morgan fingerprint density at radius 2 is 1.95 bits per heavy atom. The van der Waals surface area contributed by atoms with Crippen molar-refractivity contribution in [2.75, 3.05) is 31.6 Å². The lowest BCUT2D eigenvalue weighted by molar-refractivity contribution is 0.178. The summed E-state index contributed by atoms with van der Waals surface area (Å²) in [7, 11) is 0. The predicted molar refractivity (Wildman–Crippen MR) is 145 cm³/mol. The summed E-state index contributed by atoms with van der Waals surface area (Å²) < 4.78 is 35.2. The number of piperidine rings is 1. The number of hydrogen-bond donors (Lipinski definition) is 1. The van der Waals surface area contributed by atoms with Gasteiger partial charge >= 0.3 is 6.03 Å². The van der Waals surface area contributed by atoms with E-state index in [1.54, 1.807) is 29.3 Å². The largest absolute Gasteiger partial charge is 0.476 e. The fourth-order valence-electron chi connectivity index (χ4n) is 6.06. The third-order valence-electron chi connectivity index (χ3n) is 8.03. The van der Waals surface area contributed by atoms with E-state index in [9.17, 15) is 9.18 Å². The van der Waals surface area contributed by atoms with Crippen LogP contribution in [0, 0.1) is 11.8 Å². The van der Waals surface area contributed by atoms with Crippen molar-refractivity contribution in [1.29, 1.82) is 0 Å². The van der Waals surface area contributed by atoms with E-state index in [1.165, 1.54) is 37.6 Å². The smallest absolute Gasteiger partial charge is 0.322 e. The summed E-state index contributed by atoms with van der Waals surface area (Å²) in [4.78, 5) is 25.4. The maximum Gasteiger partial charge on any atom is 0.322 e. The van der Waals surface area contributed by atoms with E-state index in [2.05, 4.69) is 20.2 Å². The Hall–Kier alpha value is -3.30. The van der Waals surface area contributed by atoms with E-state index in [1.807, 2.05) is 0 Å². The van der Waals surface area contributed by atoms with Crippen molar-refractivity contribution in [3.63, 3.8) is 0 Å². The van der Waals surface area contributed by atoms with Gasteiger partial charge in [-0.05, 0) is 75.0 Å². The average molecular weight is 554 g/mol. The molecule has 3 aromatic rings. The third kappa shape index (κ3) is 5.30. The van der Waals surface area contributed by atoms with Crippen LogP contribution in [0.5, 0.6) is 5.88 Å². The molecule has 1 aromatic carbocycles. The van der Waals surface area contributed by atoms with Crippen molar-refractivity contribution in [3.8, 4) is 17.0 Å². The topological polar surface area (TPSA) is 70.6 Å². The van der Waals surface area contributed by atoms with Crippen LogP contribution >= 0.6 is 11.6 Å². The summed E-state index contributed by atoms with van der Waals surface area (Å²) in [5, 5.41) is 2.97. The Balaban J connectivity index is 1.12. The minimum absolute atomic E-state index is 0.00881. The maximum absolute atomic E-state index is 15.2. The number of carbonyl (C=O) groups is 1. The first kappa shape index (κ1) is 26.0. The molecule has 2 atom stereocenters. The fourth-order valence-corrected chi connectivity index (χ4v) is 6.33. The minimum atomic E-state index is -0.607. The zero-order valence-corrected chi connectivity index (χ0v) is 22.3. The van der Waals surface area contributed by atoms with Crippen molar-refractivity contribution in [3.05, 3.63) is 70.6 Å². The van der Waals surface area contributed by atoms with Crippen molar-refractivity contribution in [2.24, 2.45) is 0 Å². The number of anilines is 1. The molecular weight excluding hydrogens is 524 g/mol. The minimum Gasteiger partial charge on any atom is -0.476 e.